The van der Waals surface area contributed by atoms with E-state index >= 15 is 0 Å². The number of amides is 2. The maximum absolute atomic E-state index is 12.5. The summed E-state index contributed by atoms with van der Waals surface area (Å²) in [6.07, 6.45) is 3.70. The lowest BCUT2D eigenvalue weighted by Gasteiger charge is -2.32. The summed E-state index contributed by atoms with van der Waals surface area (Å²) in [5, 5.41) is 14.0. The zero-order valence-electron chi connectivity index (χ0n) is 16.6. The van der Waals surface area contributed by atoms with Gasteiger partial charge < -0.3 is 10.2 Å². The lowest BCUT2D eigenvalue weighted by Crippen LogP contribution is -2.44. The van der Waals surface area contributed by atoms with Crippen molar-refractivity contribution in [3.63, 3.8) is 0 Å². The summed E-state index contributed by atoms with van der Waals surface area (Å²) < 4.78 is 0. The van der Waals surface area contributed by atoms with E-state index < -0.39 is 4.92 Å². The Morgan fingerprint density at radius 2 is 1.79 bits per heavy atom. The molecule has 0 atom stereocenters. The zero-order chi connectivity index (χ0) is 20.3. The Hall–Kier alpha value is -2.48. The summed E-state index contributed by atoms with van der Waals surface area (Å²) in [6, 6.07) is 3.11. The molecule has 2 fully saturated rings. The fourth-order valence-electron chi connectivity index (χ4n) is 4.03. The number of nitrogens with one attached hydrogen (secondary N) is 1. The van der Waals surface area contributed by atoms with Crippen molar-refractivity contribution in [1.82, 2.24) is 9.80 Å². The van der Waals surface area contributed by atoms with E-state index in [1.807, 2.05) is 16.7 Å². The highest BCUT2D eigenvalue weighted by atomic mass is 16.6. The highest BCUT2D eigenvalue weighted by Gasteiger charge is 2.30. The Labute approximate surface area is 165 Å². The second-order valence-corrected chi connectivity index (χ2v) is 7.79. The first kappa shape index (κ1) is 20.3. The minimum Gasteiger partial charge on any atom is -0.342 e. The van der Waals surface area contributed by atoms with E-state index in [0.717, 1.165) is 44.3 Å². The molecule has 28 heavy (non-hydrogen) atoms. The SMILES string of the molecule is Cc1ccc([N+](=O)[O-])c(NC(=O)CN2CCC(C(=O)N3CCCC3)CC2)c1C. The molecular formula is C20H28N4O4. The molecule has 2 amide bonds. The van der Waals surface area contributed by atoms with Crippen LogP contribution in [0.3, 0.4) is 0 Å². The Morgan fingerprint density at radius 1 is 1.14 bits per heavy atom. The largest absolute Gasteiger partial charge is 0.342 e. The number of likely N-dealkylation sites (tertiary alicyclic amines) is 2. The van der Waals surface area contributed by atoms with Gasteiger partial charge in [0.25, 0.3) is 5.69 Å². The summed E-state index contributed by atoms with van der Waals surface area (Å²) in [4.78, 5) is 39.8. The predicted octanol–water partition coefficient (Wildman–Crippen LogP) is 2.48. The normalized spacial score (nSPS) is 18.3. The van der Waals surface area contributed by atoms with Crippen molar-refractivity contribution in [2.75, 3.05) is 38.0 Å². The Bertz CT molecular complexity index is 766. The number of hydrogen-bond donors (Lipinski definition) is 1. The molecule has 8 heteroatoms. The minimum atomic E-state index is -0.475. The molecular weight excluding hydrogens is 360 g/mol. The average Bonchev–Trinajstić information content (AvgIpc) is 3.20. The molecule has 0 aliphatic carbocycles. The van der Waals surface area contributed by atoms with Crippen molar-refractivity contribution in [3.8, 4) is 0 Å². The molecule has 1 aromatic carbocycles. The van der Waals surface area contributed by atoms with Gasteiger partial charge in [0.2, 0.25) is 11.8 Å². The number of nitro benzene ring substituents is 1. The Kier molecular flexibility index (Phi) is 6.28. The van der Waals surface area contributed by atoms with Crippen LogP contribution < -0.4 is 5.32 Å². The first-order valence-electron chi connectivity index (χ1n) is 9.92. The third-order valence-corrected chi connectivity index (χ3v) is 5.90. The number of nitro groups is 1. The molecule has 0 radical (unpaired) electrons. The molecule has 0 aromatic heterocycles. The van der Waals surface area contributed by atoms with E-state index in [0.29, 0.717) is 18.7 Å². The molecule has 2 heterocycles. The van der Waals surface area contributed by atoms with Crippen LogP contribution in [-0.4, -0.2) is 59.3 Å². The van der Waals surface area contributed by atoms with Crippen LogP contribution in [0.2, 0.25) is 0 Å². The topological polar surface area (TPSA) is 95.8 Å². The van der Waals surface area contributed by atoms with E-state index in [2.05, 4.69) is 5.32 Å². The van der Waals surface area contributed by atoms with E-state index in [9.17, 15) is 19.7 Å². The van der Waals surface area contributed by atoms with Crippen molar-refractivity contribution in [2.24, 2.45) is 5.92 Å². The maximum atomic E-state index is 12.5. The van der Waals surface area contributed by atoms with Crippen molar-refractivity contribution in [2.45, 2.75) is 39.5 Å². The van der Waals surface area contributed by atoms with Crippen LogP contribution in [0, 0.1) is 29.9 Å². The smallest absolute Gasteiger partial charge is 0.293 e. The van der Waals surface area contributed by atoms with Gasteiger partial charge in [0.05, 0.1) is 11.5 Å². The third-order valence-electron chi connectivity index (χ3n) is 5.90. The van der Waals surface area contributed by atoms with Gasteiger partial charge in [-0.3, -0.25) is 24.6 Å². The number of carbonyl (C=O) groups excluding carboxylic acids is 2. The lowest BCUT2D eigenvalue weighted by atomic mass is 9.95. The first-order valence-corrected chi connectivity index (χ1v) is 9.92. The van der Waals surface area contributed by atoms with Crippen LogP contribution in [-0.2, 0) is 9.59 Å². The molecule has 0 saturated carbocycles. The van der Waals surface area contributed by atoms with Gasteiger partial charge in [-0.25, -0.2) is 0 Å². The zero-order valence-corrected chi connectivity index (χ0v) is 16.6. The second kappa shape index (κ2) is 8.68. The van der Waals surface area contributed by atoms with Crippen molar-refractivity contribution >= 4 is 23.2 Å². The number of benzene rings is 1. The van der Waals surface area contributed by atoms with Crippen LogP contribution in [0.1, 0.15) is 36.8 Å². The number of hydrogen-bond acceptors (Lipinski definition) is 5. The molecule has 2 aliphatic heterocycles. The summed E-state index contributed by atoms with van der Waals surface area (Å²) in [6.45, 7) is 6.92. The van der Waals surface area contributed by atoms with E-state index in [1.165, 1.54) is 6.07 Å². The molecule has 3 rings (SSSR count). The molecule has 2 saturated heterocycles. The number of rotatable bonds is 5. The Morgan fingerprint density at radius 3 is 2.39 bits per heavy atom. The fourth-order valence-corrected chi connectivity index (χ4v) is 4.03. The number of piperidine rings is 1. The molecule has 1 aromatic rings. The van der Waals surface area contributed by atoms with Gasteiger partial charge in [0.15, 0.2) is 0 Å². The van der Waals surface area contributed by atoms with Gasteiger partial charge in [0, 0.05) is 25.1 Å². The number of anilines is 1. The highest BCUT2D eigenvalue weighted by Crippen LogP contribution is 2.30. The van der Waals surface area contributed by atoms with E-state index in [4.69, 9.17) is 0 Å². The summed E-state index contributed by atoms with van der Waals surface area (Å²) >= 11 is 0. The van der Waals surface area contributed by atoms with Crippen molar-refractivity contribution < 1.29 is 14.5 Å². The standard InChI is InChI=1S/C20H28N4O4/c1-14-5-6-17(24(27)28)19(15(14)2)21-18(25)13-22-11-7-16(8-12-22)20(26)23-9-3-4-10-23/h5-6,16H,3-4,7-13H2,1-2H3,(H,21,25). The summed E-state index contributed by atoms with van der Waals surface area (Å²) in [5.74, 6) is 0.0475. The second-order valence-electron chi connectivity index (χ2n) is 7.79. The van der Waals surface area contributed by atoms with Gasteiger partial charge in [-0.2, -0.15) is 0 Å². The Balaban J connectivity index is 1.55. The van der Waals surface area contributed by atoms with Gasteiger partial charge >= 0.3 is 0 Å². The van der Waals surface area contributed by atoms with Gasteiger partial charge in [-0.05, 0) is 63.7 Å². The first-order chi connectivity index (χ1) is 13.4. The number of aryl methyl sites for hydroxylation is 1. The quantitative estimate of drug-likeness (QED) is 0.618. The highest BCUT2D eigenvalue weighted by molar-refractivity contribution is 5.95. The van der Waals surface area contributed by atoms with Crippen LogP contribution in [0.4, 0.5) is 11.4 Å². The minimum absolute atomic E-state index is 0.0533. The molecule has 152 valence electrons. The average molecular weight is 388 g/mol. The maximum Gasteiger partial charge on any atom is 0.293 e. The fraction of sp³-hybridized carbons (Fsp3) is 0.600. The summed E-state index contributed by atoms with van der Waals surface area (Å²) in [7, 11) is 0. The van der Waals surface area contributed by atoms with Gasteiger partial charge in [-0.1, -0.05) is 6.07 Å². The molecule has 2 aliphatic rings. The molecule has 0 bridgehead atoms. The predicted molar refractivity (Wildman–Crippen MR) is 106 cm³/mol. The molecule has 8 nitrogen and oxygen atoms in total. The van der Waals surface area contributed by atoms with E-state index in [-0.39, 0.29) is 35.7 Å². The monoisotopic (exact) mass is 388 g/mol. The molecule has 0 unspecified atom stereocenters. The van der Waals surface area contributed by atoms with Crippen molar-refractivity contribution in [3.05, 3.63) is 33.4 Å². The van der Waals surface area contributed by atoms with Crippen molar-refractivity contribution in [1.29, 1.82) is 0 Å². The van der Waals surface area contributed by atoms with Crippen LogP contribution >= 0.6 is 0 Å². The van der Waals surface area contributed by atoms with E-state index in [1.54, 1.807) is 13.0 Å². The van der Waals surface area contributed by atoms with Crippen LogP contribution in [0.5, 0.6) is 0 Å². The van der Waals surface area contributed by atoms with Gasteiger partial charge in [0.1, 0.15) is 5.69 Å². The molecule has 1 N–H and O–H groups in total. The van der Waals surface area contributed by atoms with Crippen LogP contribution in [0.25, 0.3) is 0 Å². The lowest BCUT2D eigenvalue weighted by molar-refractivity contribution is -0.384. The summed E-state index contributed by atoms with van der Waals surface area (Å²) in [5.41, 5.74) is 1.78. The van der Waals surface area contributed by atoms with Gasteiger partial charge in [-0.15, -0.1) is 0 Å². The third kappa shape index (κ3) is 4.49. The molecule has 0 spiro atoms. The number of nitrogens with zero attached hydrogens (tertiary/aromatic N) is 3. The number of carbonyl (C=O) groups is 2. The van der Waals surface area contributed by atoms with Crippen LogP contribution in [0.15, 0.2) is 12.1 Å².